The normalized spacial score (nSPS) is 15.2. The summed E-state index contributed by atoms with van der Waals surface area (Å²) in [6.07, 6.45) is 7.09. The third kappa shape index (κ3) is 4.48. The Morgan fingerprint density at radius 1 is 1.12 bits per heavy atom. The summed E-state index contributed by atoms with van der Waals surface area (Å²) in [6.45, 7) is 1.60. The lowest BCUT2D eigenvalue weighted by molar-refractivity contribution is 0.111. The summed E-state index contributed by atoms with van der Waals surface area (Å²) in [6, 6.07) is 7.44. The first-order valence-electron chi connectivity index (χ1n) is 8.95. The Morgan fingerprint density at radius 2 is 1.96 bits per heavy atom. The predicted octanol–water partition coefficient (Wildman–Crippen LogP) is 4.03. The number of rotatable bonds is 8. The fourth-order valence-electron chi connectivity index (χ4n) is 3.30. The van der Waals surface area contributed by atoms with Crippen molar-refractivity contribution in [1.82, 2.24) is 4.98 Å². The molecule has 25 heavy (non-hydrogen) atoms. The van der Waals surface area contributed by atoms with E-state index in [2.05, 4.69) is 4.98 Å². The van der Waals surface area contributed by atoms with Crippen molar-refractivity contribution in [2.75, 3.05) is 26.9 Å². The topological polar surface area (TPSA) is 57.7 Å². The van der Waals surface area contributed by atoms with Crippen LogP contribution in [0.4, 0.5) is 0 Å². The van der Waals surface area contributed by atoms with Gasteiger partial charge in [0.2, 0.25) is 0 Å². The predicted molar refractivity (Wildman–Crippen MR) is 96.6 cm³/mol. The minimum Gasteiger partial charge on any atom is -0.491 e. The molecule has 1 aliphatic rings. The Hall–Kier alpha value is -2.14. The van der Waals surface area contributed by atoms with Crippen LogP contribution in [0.3, 0.4) is 0 Å². The highest BCUT2D eigenvalue weighted by atomic mass is 16.5. The smallest absolute Gasteiger partial charge is 0.168 e. The van der Waals surface area contributed by atoms with E-state index in [0.29, 0.717) is 48.4 Å². The fraction of sp³-hybridized carbons (Fsp3) is 0.500. The molecule has 5 heteroatoms. The van der Waals surface area contributed by atoms with Crippen LogP contribution in [0.5, 0.6) is 11.5 Å². The standard InChI is InChI=1S/C20H25NO4/c1-23-10-11-24-19-12-16(13-22)21-20-17(19)8-5-9-18(20)25-14-15-6-3-2-4-7-15/h5,8-9,12-13,15H,2-4,6-7,10-11,14H2,1H3. The second kappa shape index (κ2) is 8.81. The Morgan fingerprint density at radius 3 is 2.72 bits per heavy atom. The lowest BCUT2D eigenvalue weighted by Gasteiger charge is -2.22. The zero-order valence-electron chi connectivity index (χ0n) is 14.7. The minimum atomic E-state index is 0.341. The second-order valence-electron chi connectivity index (χ2n) is 6.47. The van der Waals surface area contributed by atoms with Crippen molar-refractivity contribution >= 4 is 17.2 Å². The van der Waals surface area contributed by atoms with Gasteiger partial charge in [0.15, 0.2) is 6.29 Å². The van der Waals surface area contributed by atoms with Gasteiger partial charge in [-0.05, 0) is 30.9 Å². The molecule has 0 aliphatic heterocycles. The molecule has 1 aromatic carbocycles. The molecule has 0 spiro atoms. The van der Waals surface area contributed by atoms with Crippen molar-refractivity contribution in [1.29, 1.82) is 0 Å². The highest BCUT2D eigenvalue weighted by Gasteiger charge is 2.16. The number of carbonyl (C=O) groups excluding carboxylic acids is 1. The van der Waals surface area contributed by atoms with Crippen molar-refractivity contribution in [3.8, 4) is 11.5 Å². The van der Waals surface area contributed by atoms with Gasteiger partial charge in [0, 0.05) is 18.6 Å². The van der Waals surface area contributed by atoms with E-state index in [1.807, 2.05) is 18.2 Å². The van der Waals surface area contributed by atoms with Crippen molar-refractivity contribution < 1.29 is 19.0 Å². The van der Waals surface area contributed by atoms with Crippen LogP contribution in [0, 0.1) is 5.92 Å². The largest absolute Gasteiger partial charge is 0.491 e. The maximum Gasteiger partial charge on any atom is 0.168 e. The highest BCUT2D eigenvalue weighted by Crippen LogP contribution is 2.32. The van der Waals surface area contributed by atoms with Crippen LogP contribution in [0.25, 0.3) is 10.9 Å². The van der Waals surface area contributed by atoms with Gasteiger partial charge in [0.25, 0.3) is 0 Å². The van der Waals surface area contributed by atoms with Crippen LogP contribution in [0.15, 0.2) is 24.3 Å². The zero-order valence-corrected chi connectivity index (χ0v) is 14.7. The summed E-state index contributed by atoms with van der Waals surface area (Å²) in [4.78, 5) is 15.7. The molecule has 0 saturated heterocycles. The number of aldehydes is 1. The molecule has 0 bridgehead atoms. The summed E-state index contributed by atoms with van der Waals surface area (Å²) >= 11 is 0. The first kappa shape index (κ1) is 17.7. The quantitative estimate of drug-likeness (QED) is 0.535. The first-order valence-corrected chi connectivity index (χ1v) is 8.95. The molecule has 1 fully saturated rings. The summed E-state index contributed by atoms with van der Waals surface area (Å²) < 4.78 is 16.9. The molecule has 1 aliphatic carbocycles. The van der Waals surface area contributed by atoms with Gasteiger partial charge in [-0.2, -0.15) is 0 Å². The van der Waals surface area contributed by atoms with Gasteiger partial charge >= 0.3 is 0 Å². The highest BCUT2D eigenvalue weighted by molar-refractivity contribution is 5.92. The number of methoxy groups -OCH3 is 1. The molecule has 2 aromatic rings. The molecule has 0 radical (unpaired) electrons. The number of para-hydroxylation sites is 1. The van der Waals surface area contributed by atoms with E-state index in [1.165, 1.54) is 32.1 Å². The van der Waals surface area contributed by atoms with E-state index in [9.17, 15) is 4.79 Å². The van der Waals surface area contributed by atoms with Crippen molar-refractivity contribution in [2.24, 2.45) is 5.92 Å². The molecule has 0 unspecified atom stereocenters. The third-order valence-corrected chi connectivity index (χ3v) is 4.65. The molecule has 0 atom stereocenters. The number of hydrogen-bond donors (Lipinski definition) is 0. The lowest BCUT2D eigenvalue weighted by atomic mass is 9.90. The first-order chi connectivity index (χ1) is 12.3. The van der Waals surface area contributed by atoms with Crippen LogP contribution in [0.1, 0.15) is 42.6 Å². The van der Waals surface area contributed by atoms with Crippen LogP contribution in [-0.4, -0.2) is 38.2 Å². The number of hydrogen-bond acceptors (Lipinski definition) is 5. The number of aromatic nitrogens is 1. The number of nitrogens with zero attached hydrogens (tertiary/aromatic N) is 1. The second-order valence-corrected chi connectivity index (χ2v) is 6.47. The molecule has 134 valence electrons. The molecule has 1 saturated carbocycles. The van der Waals surface area contributed by atoms with Gasteiger partial charge in [0.05, 0.1) is 13.2 Å². The maximum absolute atomic E-state index is 11.3. The van der Waals surface area contributed by atoms with Gasteiger partial charge in [0.1, 0.15) is 29.3 Å². The Bertz CT molecular complexity index is 710. The number of pyridine rings is 1. The molecule has 3 rings (SSSR count). The average molecular weight is 343 g/mol. The van der Waals surface area contributed by atoms with E-state index in [-0.39, 0.29) is 0 Å². The number of benzene rings is 1. The molecule has 0 N–H and O–H groups in total. The number of ether oxygens (including phenoxy) is 3. The summed E-state index contributed by atoms with van der Waals surface area (Å²) in [5.41, 5.74) is 1.02. The average Bonchev–Trinajstić information content (AvgIpc) is 2.67. The van der Waals surface area contributed by atoms with Crippen molar-refractivity contribution in [3.05, 3.63) is 30.0 Å². The van der Waals surface area contributed by atoms with Gasteiger partial charge in [-0.3, -0.25) is 4.79 Å². The van der Waals surface area contributed by atoms with Gasteiger partial charge in [-0.15, -0.1) is 0 Å². The van der Waals surface area contributed by atoms with Crippen molar-refractivity contribution in [3.63, 3.8) is 0 Å². The van der Waals surface area contributed by atoms with Gasteiger partial charge < -0.3 is 14.2 Å². The monoisotopic (exact) mass is 343 g/mol. The number of carbonyl (C=O) groups is 1. The summed E-state index contributed by atoms with van der Waals surface area (Å²) in [5, 5.41) is 0.850. The van der Waals surface area contributed by atoms with E-state index in [0.717, 1.165) is 11.7 Å². The maximum atomic E-state index is 11.3. The van der Waals surface area contributed by atoms with E-state index in [4.69, 9.17) is 14.2 Å². The Balaban J connectivity index is 1.84. The third-order valence-electron chi connectivity index (χ3n) is 4.65. The molecule has 1 aromatic heterocycles. The fourth-order valence-corrected chi connectivity index (χ4v) is 3.30. The molecule has 0 amide bonds. The summed E-state index contributed by atoms with van der Waals surface area (Å²) in [7, 11) is 1.63. The van der Waals surface area contributed by atoms with Gasteiger partial charge in [-0.1, -0.05) is 25.3 Å². The molecule has 5 nitrogen and oxygen atoms in total. The van der Waals surface area contributed by atoms with Crippen molar-refractivity contribution in [2.45, 2.75) is 32.1 Å². The Labute approximate surface area is 148 Å². The van der Waals surface area contributed by atoms with E-state index >= 15 is 0 Å². The van der Waals surface area contributed by atoms with Gasteiger partial charge in [-0.25, -0.2) is 4.98 Å². The molecule has 1 heterocycles. The van der Waals surface area contributed by atoms with Crippen LogP contribution in [0.2, 0.25) is 0 Å². The summed E-state index contributed by atoms with van der Waals surface area (Å²) in [5.74, 6) is 1.95. The van der Waals surface area contributed by atoms with E-state index < -0.39 is 0 Å². The number of fused-ring (bicyclic) bond motifs is 1. The molecular formula is C20H25NO4. The van der Waals surface area contributed by atoms with Crippen LogP contribution in [-0.2, 0) is 4.74 Å². The SMILES string of the molecule is COCCOc1cc(C=O)nc2c(OCC3CCCCC3)cccc12. The van der Waals surface area contributed by atoms with Crippen LogP contribution >= 0.6 is 0 Å². The molecular weight excluding hydrogens is 318 g/mol. The minimum absolute atomic E-state index is 0.341. The zero-order chi connectivity index (χ0) is 17.5. The Kier molecular flexibility index (Phi) is 6.23. The lowest BCUT2D eigenvalue weighted by Crippen LogP contribution is -2.15. The van der Waals surface area contributed by atoms with Crippen LogP contribution < -0.4 is 9.47 Å². The van der Waals surface area contributed by atoms with E-state index in [1.54, 1.807) is 13.2 Å².